The van der Waals surface area contributed by atoms with Crippen LogP contribution in [0.4, 0.5) is 13.2 Å². The number of hydrogen-bond donors (Lipinski definition) is 1. The number of hydrogen-bond acceptors (Lipinski definition) is 2. The Labute approximate surface area is 85.8 Å². The molecule has 2 N–H and O–H groups in total. The van der Waals surface area contributed by atoms with Gasteiger partial charge in [0.15, 0.2) is 0 Å². The molecule has 1 atom stereocenters. The van der Waals surface area contributed by atoms with Gasteiger partial charge >= 0.3 is 6.43 Å². The van der Waals surface area contributed by atoms with Crippen molar-refractivity contribution in [1.82, 2.24) is 0 Å². The molecule has 0 saturated carbocycles. The van der Waals surface area contributed by atoms with E-state index < -0.39 is 12.8 Å². The van der Waals surface area contributed by atoms with Crippen molar-refractivity contribution in [2.45, 2.75) is 19.2 Å². The molecule has 0 fully saturated rings. The molecule has 0 aromatic heterocycles. The molecule has 0 radical (unpaired) electrons. The molecule has 0 bridgehead atoms. The molecular formula is C10H12F3NO. The quantitative estimate of drug-likeness (QED) is 0.823. The van der Waals surface area contributed by atoms with E-state index in [1.807, 2.05) is 0 Å². The van der Waals surface area contributed by atoms with Gasteiger partial charge in [0.05, 0.1) is 0 Å². The van der Waals surface area contributed by atoms with Crippen molar-refractivity contribution in [2.75, 3.05) is 6.54 Å². The summed E-state index contributed by atoms with van der Waals surface area (Å²) in [5.74, 6) is 0.0866. The zero-order valence-electron chi connectivity index (χ0n) is 8.00. The Bertz CT molecular complexity index is 289. The zero-order valence-corrected chi connectivity index (χ0v) is 8.00. The van der Waals surface area contributed by atoms with Gasteiger partial charge in [0.2, 0.25) is 0 Å². The van der Waals surface area contributed by atoms with Crippen LogP contribution in [0, 0.1) is 0 Å². The van der Waals surface area contributed by atoms with Crippen molar-refractivity contribution in [2.24, 2.45) is 5.73 Å². The third-order valence-corrected chi connectivity index (χ3v) is 1.80. The first-order chi connectivity index (χ1) is 7.13. The second-order valence-corrected chi connectivity index (χ2v) is 2.99. The van der Waals surface area contributed by atoms with Crippen LogP contribution in [-0.2, 0) is 6.42 Å². The van der Waals surface area contributed by atoms with E-state index in [1.54, 1.807) is 12.1 Å². The molecule has 15 heavy (non-hydrogen) atoms. The fourth-order valence-electron chi connectivity index (χ4n) is 1.08. The Morgan fingerprint density at radius 2 is 1.73 bits per heavy atom. The second-order valence-electron chi connectivity index (χ2n) is 2.99. The first-order valence-corrected chi connectivity index (χ1v) is 4.51. The molecule has 0 saturated heterocycles. The summed E-state index contributed by atoms with van der Waals surface area (Å²) < 4.78 is 40.4. The normalized spacial score (nSPS) is 12.9. The largest absolute Gasteiger partial charge is 0.454 e. The van der Waals surface area contributed by atoms with Gasteiger partial charge in [-0.2, -0.15) is 4.39 Å². The summed E-state index contributed by atoms with van der Waals surface area (Å²) in [7, 11) is 0. The lowest BCUT2D eigenvalue weighted by atomic mass is 10.1. The van der Waals surface area contributed by atoms with E-state index in [4.69, 9.17) is 5.73 Å². The van der Waals surface area contributed by atoms with Gasteiger partial charge in [-0.1, -0.05) is 12.1 Å². The molecule has 1 rings (SSSR count). The van der Waals surface area contributed by atoms with Crippen molar-refractivity contribution in [3.8, 4) is 5.75 Å². The minimum absolute atomic E-state index is 0.0866. The topological polar surface area (TPSA) is 35.2 Å². The molecule has 1 unspecified atom stereocenters. The number of alkyl halides is 3. The number of halogens is 3. The van der Waals surface area contributed by atoms with E-state index >= 15 is 0 Å². The first kappa shape index (κ1) is 11.8. The van der Waals surface area contributed by atoms with Gasteiger partial charge in [0, 0.05) is 0 Å². The van der Waals surface area contributed by atoms with Crippen molar-refractivity contribution in [3.05, 3.63) is 29.8 Å². The third kappa shape index (κ3) is 3.79. The summed E-state index contributed by atoms with van der Waals surface area (Å²) in [6.07, 6.45) is -5.02. The molecule has 0 aliphatic rings. The highest BCUT2D eigenvalue weighted by atomic mass is 19.3. The summed E-state index contributed by atoms with van der Waals surface area (Å²) >= 11 is 0. The van der Waals surface area contributed by atoms with Gasteiger partial charge in [-0.15, -0.1) is 0 Å². The van der Waals surface area contributed by atoms with Crippen molar-refractivity contribution >= 4 is 0 Å². The fraction of sp³-hybridized carbons (Fsp3) is 0.400. The molecular weight excluding hydrogens is 207 g/mol. The van der Waals surface area contributed by atoms with Gasteiger partial charge in [0.25, 0.3) is 6.36 Å². The van der Waals surface area contributed by atoms with E-state index in [9.17, 15) is 13.2 Å². The predicted octanol–water partition coefficient (Wildman–Crippen LogP) is 2.13. The molecule has 0 aliphatic heterocycles. The van der Waals surface area contributed by atoms with Crippen molar-refractivity contribution in [1.29, 1.82) is 0 Å². The molecule has 1 aromatic carbocycles. The fourth-order valence-corrected chi connectivity index (χ4v) is 1.08. The highest BCUT2D eigenvalue weighted by Gasteiger charge is 2.20. The first-order valence-electron chi connectivity index (χ1n) is 4.51. The average molecular weight is 219 g/mol. The molecule has 0 aliphatic carbocycles. The number of benzene rings is 1. The zero-order chi connectivity index (χ0) is 11.3. The predicted molar refractivity (Wildman–Crippen MR) is 50.7 cm³/mol. The van der Waals surface area contributed by atoms with E-state index in [1.165, 1.54) is 12.1 Å². The maximum Gasteiger partial charge on any atom is 0.304 e. The van der Waals surface area contributed by atoms with E-state index in [2.05, 4.69) is 4.74 Å². The van der Waals surface area contributed by atoms with Crippen molar-refractivity contribution in [3.63, 3.8) is 0 Å². The lowest BCUT2D eigenvalue weighted by Crippen LogP contribution is -2.19. The van der Waals surface area contributed by atoms with E-state index in [0.29, 0.717) is 13.0 Å². The number of rotatable bonds is 5. The van der Waals surface area contributed by atoms with Crippen LogP contribution >= 0.6 is 0 Å². The second kappa shape index (κ2) is 5.60. The van der Waals surface area contributed by atoms with Crippen LogP contribution in [0.1, 0.15) is 5.56 Å². The van der Waals surface area contributed by atoms with Gasteiger partial charge < -0.3 is 10.5 Å². The van der Waals surface area contributed by atoms with Crippen LogP contribution in [-0.4, -0.2) is 19.3 Å². The molecule has 0 heterocycles. The van der Waals surface area contributed by atoms with Crippen LogP contribution < -0.4 is 10.5 Å². The van der Waals surface area contributed by atoms with Crippen LogP contribution in [0.5, 0.6) is 5.75 Å². The lowest BCUT2D eigenvalue weighted by Gasteiger charge is -2.10. The number of nitrogens with two attached hydrogens (primary N) is 1. The van der Waals surface area contributed by atoms with Crippen LogP contribution in [0.25, 0.3) is 0 Å². The Hall–Kier alpha value is -1.23. The standard InChI is InChI=1S/C10H12F3NO/c11-9(12)10(13)15-8-3-1-7(2-4-8)5-6-14/h1-4,9-10H,5-6,14H2. The van der Waals surface area contributed by atoms with E-state index in [0.717, 1.165) is 5.56 Å². The molecule has 0 spiro atoms. The molecule has 1 aromatic rings. The summed E-state index contributed by atoms with van der Waals surface area (Å²) in [4.78, 5) is 0. The van der Waals surface area contributed by atoms with Crippen LogP contribution in [0.15, 0.2) is 24.3 Å². The number of ether oxygens (including phenoxy) is 1. The summed E-state index contributed by atoms with van der Waals surface area (Å²) in [6, 6.07) is 6.22. The Kier molecular flexibility index (Phi) is 4.42. The third-order valence-electron chi connectivity index (χ3n) is 1.80. The Morgan fingerprint density at radius 1 is 1.13 bits per heavy atom. The monoisotopic (exact) mass is 219 g/mol. The minimum atomic E-state index is -3.13. The molecule has 5 heteroatoms. The van der Waals surface area contributed by atoms with Crippen LogP contribution in [0.2, 0.25) is 0 Å². The van der Waals surface area contributed by atoms with E-state index in [-0.39, 0.29) is 5.75 Å². The summed E-state index contributed by atoms with van der Waals surface area (Å²) in [5, 5.41) is 0. The molecule has 0 amide bonds. The van der Waals surface area contributed by atoms with Gasteiger partial charge in [0.1, 0.15) is 5.75 Å². The van der Waals surface area contributed by atoms with Crippen molar-refractivity contribution < 1.29 is 17.9 Å². The highest BCUT2D eigenvalue weighted by molar-refractivity contribution is 5.27. The highest BCUT2D eigenvalue weighted by Crippen LogP contribution is 2.17. The maximum absolute atomic E-state index is 12.5. The average Bonchev–Trinajstić information content (AvgIpc) is 2.21. The SMILES string of the molecule is NCCc1ccc(OC(F)C(F)F)cc1. The lowest BCUT2D eigenvalue weighted by molar-refractivity contribution is -0.0668. The smallest absolute Gasteiger partial charge is 0.304 e. The van der Waals surface area contributed by atoms with Gasteiger partial charge in [-0.3, -0.25) is 0 Å². The van der Waals surface area contributed by atoms with Gasteiger partial charge in [-0.25, -0.2) is 8.78 Å². The summed E-state index contributed by atoms with van der Waals surface area (Å²) in [5.41, 5.74) is 6.28. The maximum atomic E-state index is 12.5. The van der Waals surface area contributed by atoms with Gasteiger partial charge in [-0.05, 0) is 30.7 Å². The Morgan fingerprint density at radius 3 is 2.20 bits per heavy atom. The summed E-state index contributed by atoms with van der Waals surface area (Å²) in [6.45, 7) is 0.503. The molecule has 2 nitrogen and oxygen atoms in total. The van der Waals surface area contributed by atoms with Crippen LogP contribution in [0.3, 0.4) is 0 Å². The Balaban J connectivity index is 2.56. The molecule has 84 valence electrons. The minimum Gasteiger partial charge on any atom is -0.454 e.